The Morgan fingerprint density at radius 1 is 1.27 bits per heavy atom. The van der Waals surface area contributed by atoms with Gasteiger partial charge in [-0.25, -0.2) is 24.5 Å². The monoisotopic (exact) mass is 439 g/mol. The number of aryl methyl sites for hydroxylation is 1. The van der Waals surface area contributed by atoms with Crippen LogP contribution < -0.4 is 5.32 Å². The quantitative estimate of drug-likeness (QED) is 0.516. The van der Waals surface area contributed by atoms with Crippen molar-refractivity contribution >= 4 is 23.7 Å². The molecule has 0 unspecified atom stereocenters. The maximum Gasteiger partial charge on any atom is 0.408 e. The van der Waals surface area contributed by atoms with Crippen LogP contribution in [0.15, 0.2) is 12.4 Å². The summed E-state index contributed by atoms with van der Waals surface area (Å²) in [6, 6.07) is -0.495. The van der Waals surface area contributed by atoms with Gasteiger partial charge in [0, 0.05) is 26.0 Å². The number of ether oxygens (including phenoxy) is 3. The lowest BCUT2D eigenvalue weighted by Gasteiger charge is -2.23. The number of carbonyl (C=O) groups is 2. The highest BCUT2D eigenvalue weighted by Gasteiger charge is 2.24. The van der Waals surface area contributed by atoms with Crippen LogP contribution >= 0.6 is 11.6 Å². The average molecular weight is 440 g/mol. The molecule has 0 saturated carbocycles. The van der Waals surface area contributed by atoms with Crippen LogP contribution in [0.5, 0.6) is 0 Å². The molecule has 2 rings (SSSR count). The van der Waals surface area contributed by atoms with Gasteiger partial charge in [0.1, 0.15) is 11.3 Å². The zero-order valence-electron chi connectivity index (χ0n) is 17.9. The van der Waals surface area contributed by atoms with E-state index in [1.165, 1.54) is 14.2 Å². The molecule has 30 heavy (non-hydrogen) atoms. The van der Waals surface area contributed by atoms with Crippen molar-refractivity contribution in [2.45, 2.75) is 45.9 Å². The molecule has 0 aliphatic heterocycles. The van der Waals surface area contributed by atoms with Crippen LogP contribution in [0.4, 0.5) is 4.79 Å². The number of methoxy groups -OCH3 is 2. The van der Waals surface area contributed by atoms with E-state index >= 15 is 0 Å². The minimum Gasteiger partial charge on any atom is -0.463 e. The Morgan fingerprint density at radius 2 is 1.97 bits per heavy atom. The number of hydrogen-bond acceptors (Lipinski definition) is 8. The Morgan fingerprint density at radius 3 is 2.57 bits per heavy atom. The second kappa shape index (κ2) is 9.86. The molecule has 0 aliphatic carbocycles. The second-order valence-electron chi connectivity index (χ2n) is 7.56. The maximum atomic E-state index is 12.3. The van der Waals surface area contributed by atoms with Gasteiger partial charge in [-0.15, -0.1) is 0 Å². The first-order valence-corrected chi connectivity index (χ1v) is 9.55. The van der Waals surface area contributed by atoms with Crippen molar-refractivity contribution in [2.24, 2.45) is 0 Å². The Labute approximate surface area is 179 Å². The molecule has 0 bridgehead atoms. The van der Waals surface area contributed by atoms with E-state index in [9.17, 15) is 9.59 Å². The number of nitrogens with zero attached hydrogens (tertiary/aromatic N) is 4. The van der Waals surface area contributed by atoms with Gasteiger partial charge in [-0.1, -0.05) is 0 Å². The molecule has 0 aliphatic rings. The summed E-state index contributed by atoms with van der Waals surface area (Å²) in [5, 5.41) is 2.81. The second-order valence-corrected chi connectivity index (χ2v) is 7.90. The van der Waals surface area contributed by atoms with Gasteiger partial charge in [0.25, 0.3) is 0 Å². The lowest BCUT2D eigenvalue weighted by Crippen LogP contribution is -2.43. The number of rotatable bonds is 7. The summed E-state index contributed by atoms with van der Waals surface area (Å²) in [7, 11) is 2.77. The fourth-order valence-electron chi connectivity index (χ4n) is 2.66. The highest BCUT2D eigenvalue weighted by Crippen LogP contribution is 2.22. The van der Waals surface area contributed by atoms with Gasteiger partial charge in [0.05, 0.1) is 25.5 Å². The van der Waals surface area contributed by atoms with E-state index in [1.54, 1.807) is 44.7 Å². The first-order valence-electron chi connectivity index (χ1n) is 9.17. The Bertz CT molecular complexity index is 909. The maximum absolute atomic E-state index is 12.3. The fraction of sp³-hybridized carbons (Fsp3) is 0.526. The van der Waals surface area contributed by atoms with Crippen LogP contribution in [0.2, 0.25) is 5.28 Å². The number of alkyl carbamates (subject to hydrolysis) is 1. The van der Waals surface area contributed by atoms with Gasteiger partial charge < -0.3 is 24.1 Å². The van der Waals surface area contributed by atoms with E-state index in [4.69, 9.17) is 25.8 Å². The van der Waals surface area contributed by atoms with E-state index in [2.05, 4.69) is 20.3 Å². The Balaban J connectivity index is 2.35. The van der Waals surface area contributed by atoms with Crippen LogP contribution in [0.1, 0.15) is 37.0 Å². The first-order chi connectivity index (χ1) is 14.0. The Hall–Kier alpha value is -2.72. The third-order valence-electron chi connectivity index (χ3n) is 3.84. The molecular weight excluding hydrogens is 414 g/mol. The molecule has 0 spiro atoms. The summed E-state index contributed by atoms with van der Waals surface area (Å²) in [5.41, 5.74) is 0.999. The minimum absolute atomic E-state index is 0.0497. The number of imidazole rings is 1. The highest BCUT2D eigenvalue weighted by molar-refractivity contribution is 6.28. The topological polar surface area (TPSA) is 117 Å². The third-order valence-corrected chi connectivity index (χ3v) is 4.02. The SMILES string of the molecule is COC[C@@H](Cn1cc(-c2nc(Cl)ncc2C)nc1C(=O)OC)NC(=O)OC(C)(C)C. The molecule has 1 amide bonds. The lowest BCUT2D eigenvalue weighted by molar-refractivity contribution is 0.0459. The normalized spacial score (nSPS) is 12.4. The molecule has 10 nitrogen and oxygen atoms in total. The van der Waals surface area contributed by atoms with Crippen molar-refractivity contribution in [2.75, 3.05) is 20.8 Å². The highest BCUT2D eigenvalue weighted by atomic mass is 35.5. The van der Waals surface area contributed by atoms with Crippen LogP contribution in [0, 0.1) is 6.92 Å². The van der Waals surface area contributed by atoms with Gasteiger partial charge in [-0.2, -0.15) is 0 Å². The van der Waals surface area contributed by atoms with Crippen molar-refractivity contribution in [1.29, 1.82) is 0 Å². The zero-order valence-corrected chi connectivity index (χ0v) is 18.6. The molecule has 2 aromatic rings. The van der Waals surface area contributed by atoms with Crippen molar-refractivity contribution in [3.63, 3.8) is 0 Å². The van der Waals surface area contributed by atoms with Gasteiger partial charge in [0.15, 0.2) is 0 Å². The smallest absolute Gasteiger partial charge is 0.408 e. The van der Waals surface area contributed by atoms with E-state index in [0.29, 0.717) is 11.4 Å². The van der Waals surface area contributed by atoms with E-state index in [1.807, 2.05) is 0 Å². The van der Waals surface area contributed by atoms with Gasteiger partial charge in [-0.05, 0) is 44.9 Å². The van der Waals surface area contributed by atoms with Gasteiger partial charge in [-0.3, -0.25) is 0 Å². The molecule has 0 radical (unpaired) electrons. The lowest BCUT2D eigenvalue weighted by atomic mass is 10.2. The summed E-state index contributed by atoms with van der Waals surface area (Å²) in [6.07, 6.45) is 2.61. The molecule has 0 saturated heterocycles. The molecule has 1 N–H and O–H groups in total. The Kier molecular flexibility index (Phi) is 7.74. The largest absolute Gasteiger partial charge is 0.463 e. The molecule has 11 heteroatoms. The fourth-order valence-corrected chi connectivity index (χ4v) is 2.79. The van der Waals surface area contributed by atoms with Crippen LogP contribution in [-0.4, -0.2) is 64.1 Å². The van der Waals surface area contributed by atoms with Crippen molar-refractivity contribution in [3.05, 3.63) is 29.1 Å². The number of amides is 1. The molecule has 164 valence electrons. The number of esters is 1. The predicted molar refractivity (Wildman–Crippen MR) is 109 cm³/mol. The van der Waals surface area contributed by atoms with E-state index in [-0.39, 0.29) is 24.3 Å². The zero-order chi connectivity index (χ0) is 22.5. The van der Waals surface area contributed by atoms with Crippen LogP contribution in [0.25, 0.3) is 11.4 Å². The molecule has 2 aromatic heterocycles. The van der Waals surface area contributed by atoms with Gasteiger partial charge in [0.2, 0.25) is 11.1 Å². The molecule has 0 aromatic carbocycles. The standard InChI is InChI=1S/C19H26ClN5O5/c1-11-7-21-17(20)24-14(11)13-9-25(15(23-13)16(26)29-6)8-12(10-28-5)22-18(27)30-19(2,3)4/h7,9,12H,8,10H2,1-6H3,(H,22,27)/t12-/m1/s1. The molecule has 0 fully saturated rings. The number of hydrogen-bond donors (Lipinski definition) is 1. The number of carbonyl (C=O) groups excluding carboxylic acids is 2. The van der Waals surface area contributed by atoms with Crippen molar-refractivity contribution in [1.82, 2.24) is 24.8 Å². The summed E-state index contributed by atoms with van der Waals surface area (Å²) in [5.74, 6) is -0.582. The van der Waals surface area contributed by atoms with Crippen LogP contribution in [-0.2, 0) is 20.8 Å². The molecule has 1 atom stereocenters. The third kappa shape index (κ3) is 6.39. The molecular formula is C19H26ClN5O5. The van der Waals surface area contributed by atoms with Crippen LogP contribution in [0.3, 0.4) is 0 Å². The van der Waals surface area contributed by atoms with Crippen molar-refractivity contribution < 1.29 is 23.8 Å². The summed E-state index contributed by atoms with van der Waals surface area (Å²) in [4.78, 5) is 36.9. The number of nitrogens with one attached hydrogen (secondary N) is 1. The van der Waals surface area contributed by atoms with Crippen molar-refractivity contribution in [3.8, 4) is 11.4 Å². The number of aromatic nitrogens is 4. The summed E-state index contributed by atoms with van der Waals surface area (Å²) < 4.78 is 16.9. The summed E-state index contributed by atoms with van der Waals surface area (Å²) in [6.45, 7) is 7.48. The predicted octanol–water partition coefficient (Wildman–Crippen LogP) is 2.63. The minimum atomic E-state index is -0.648. The first kappa shape index (κ1) is 23.6. The number of halogens is 1. The summed E-state index contributed by atoms with van der Waals surface area (Å²) >= 11 is 5.91. The van der Waals surface area contributed by atoms with E-state index < -0.39 is 23.7 Å². The van der Waals surface area contributed by atoms with Gasteiger partial charge >= 0.3 is 12.1 Å². The molecule has 2 heterocycles. The average Bonchev–Trinajstić information content (AvgIpc) is 3.05. The van der Waals surface area contributed by atoms with E-state index in [0.717, 1.165) is 5.56 Å².